The number of carbonyl (C=O) groups is 2. The molecule has 6 nitrogen and oxygen atoms in total. The molecule has 1 N–H and O–H groups in total. The largest absolute Gasteiger partial charge is 0.348 e. The molecule has 40 heavy (non-hydrogen) atoms. The first kappa shape index (κ1) is 30.3. The quantitative estimate of drug-likeness (QED) is 0.438. The van der Waals surface area contributed by atoms with Crippen molar-refractivity contribution in [2.45, 2.75) is 91.8 Å². The summed E-state index contributed by atoms with van der Waals surface area (Å²) in [4.78, 5) is 33.1. The molecule has 0 aromatic heterocycles. The molecule has 2 amide bonds. The zero-order chi connectivity index (χ0) is 28.3. The van der Waals surface area contributed by atoms with E-state index >= 15 is 0 Å². The fraction of sp³-hybridized carbons (Fsp3) is 0.588. The lowest BCUT2D eigenvalue weighted by Crippen LogP contribution is -2.34. The van der Waals surface area contributed by atoms with Crippen LogP contribution in [0.15, 0.2) is 42.5 Å². The topological polar surface area (TPSA) is 55.9 Å². The van der Waals surface area contributed by atoms with Crippen LogP contribution in [-0.4, -0.2) is 54.3 Å². The normalized spacial score (nSPS) is 18.1. The van der Waals surface area contributed by atoms with Gasteiger partial charge in [-0.3, -0.25) is 19.4 Å². The van der Waals surface area contributed by atoms with Crippen LogP contribution in [-0.2, 0) is 24.4 Å². The number of nitrogens with zero attached hydrogens (tertiary/aromatic N) is 3. The maximum absolute atomic E-state index is 13.4. The number of carbonyl (C=O) groups excluding carboxylic acids is 2. The number of hydrogen-bond acceptors (Lipinski definition) is 4. The Bertz CT molecular complexity index is 1110. The van der Waals surface area contributed by atoms with E-state index in [0.717, 1.165) is 69.9 Å². The van der Waals surface area contributed by atoms with E-state index in [1.807, 2.05) is 23.1 Å². The molecule has 0 bridgehead atoms. The summed E-state index contributed by atoms with van der Waals surface area (Å²) in [6, 6.07) is 14.4. The van der Waals surface area contributed by atoms with Crippen molar-refractivity contribution >= 4 is 17.5 Å². The van der Waals surface area contributed by atoms with Gasteiger partial charge in [0.05, 0.1) is 0 Å². The van der Waals surface area contributed by atoms with Crippen molar-refractivity contribution in [3.8, 4) is 0 Å². The van der Waals surface area contributed by atoms with Crippen molar-refractivity contribution in [2.75, 3.05) is 37.6 Å². The van der Waals surface area contributed by atoms with Crippen LogP contribution in [0.25, 0.3) is 0 Å². The van der Waals surface area contributed by atoms with Crippen molar-refractivity contribution in [1.82, 2.24) is 15.1 Å². The number of nitrogens with one attached hydrogen (secondary N) is 1. The lowest BCUT2D eigenvalue weighted by molar-refractivity contribution is -0.116. The molecule has 0 radical (unpaired) electrons. The summed E-state index contributed by atoms with van der Waals surface area (Å²) in [5.41, 5.74) is 5.15. The number of fused-ring (bicyclic) bond motifs is 1. The monoisotopic (exact) mass is 546 g/mol. The van der Waals surface area contributed by atoms with E-state index in [1.54, 1.807) is 6.92 Å². The summed E-state index contributed by atoms with van der Waals surface area (Å²) in [6.07, 6.45) is 9.65. The number of amides is 2. The van der Waals surface area contributed by atoms with Gasteiger partial charge in [-0.05, 0) is 86.1 Å². The first-order chi connectivity index (χ1) is 19.4. The van der Waals surface area contributed by atoms with Crippen LogP contribution in [0.3, 0.4) is 0 Å². The fourth-order valence-corrected chi connectivity index (χ4v) is 6.21. The molecule has 0 spiro atoms. The van der Waals surface area contributed by atoms with E-state index < -0.39 is 0 Å². The van der Waals surface area contributed by atoms with Crippen LogP contribution >= 0.6 is 0 Å². The van der Waals surface area contributed by atoms with Gasteiger partial charge >= 0.3 is 0 Å². The van der Waals surface area contributed by atoms with Gasteiger partial charge < -0.3 is 10.2 Å². The van der Waals surface area contributed by atoms with Gasteiger partial charge in [-0.15, -0.1) is 0 Å². The van der Waals surface area contributed by atoms with Crippen LogP contribution in [0.5, 0.6) is 0 Å². The lowest BCUT2D eigenvalue weighted by atomic mass is 10.0. The second-order valence-electron chi connectivity index (χ2n) is 12.2. The summed E-state index contributed by atoms with van der Waals surface area (Å²) >= 11 is 0. The van der Waals surface area contributed by atoms with Gasteiger partial charge in [-0.25, -0.2) is 0 Å². The second kappa shape index (κ2) is 15.3. The minimum Gasteiger partial charge on any atom is -0.348 e. The minimum absolute atomic E-state index is 0.0634. The highest BCUT2D eigenvalue weighted by Crippen LogP contribution is 2.27. The standard InChI is InChI=1S/C34H50N4O2/c1-27(2)24-37-20-10-5-4-6-13-21-38(28(3)39)33-17-16-29(22-32(33)26-37)34(40)35-23-30-14-8-9-15-31(30)25-36-18-11-7-12-19-36/h8-9,14-17,22,27H,4-7,10-13,18-21,23-26H2,1-3H3,(H,35,40). The third kappa shape index (κ3) is 8.90. The smallest absolute Gasteiger partial charge is 0.251 e. The van der Waals surface area contributed by atoms with E-state index in [1.165, 1.54) is 49.7 Å². The molecular weight excluding hydrogens is 496 g/mol. The van der Waals surface area contributed by atoms with Crippen LogP contribution < -0.4 is 10.2 Å². The average molecular weight is 547 g/mol. The molecule has 0 unspecified atom stereocenters. The summed E-state index contributed by atoms with van der Waals surface area (Å²) in [7, 11) is 0. The van der Waals surface area contributed by atoms with E-state index in [4.69, 9.17) is 0 Å². The van der Waals surface area contributed by atoms with Gasteiger partial charge in [0.1, 0.15) is 0 Å². The van der Waals surface area contributed by atoms with Crippen LogP contribution in [0.2, 0.25) is 0 Å². The number of rotatable bonds is 7. The molecule has 1 saturated heterocycles. The zero-order valence-electron chi connectivity index (χ0n) is 25.1. The molecule has 1 fully saturated rings. The number of benzene rings is 2. The van der Waals surface area contributed by atoms with Crippen molar-refractivity contribution in [2.24, 2.45) is 5.92 Å². The van der Waals surface area contributed by atoms with E-state index in [-0.39, 0.29) is 11.8 Å². The molecule has 2 aromatic rings. The Balaban J connectivity index is 1.53. The molecule has 2 aliphatic rings. The Morgan fingerprint density at radius 1 is 0.800 bits per heavy atom. The van der Waals surface area contributed by atoms with Gasteiger partial charge in [0, 0.05) is 50.9 Å². The maximum atomic E-state index is 13.4. The molecule has 6 heteroatoms. The van der Waals surface area contributed by atoms with Gasteiger partial charge in [-0.2, -0.15) is 0 Å². The average Bonchev–Trinajstić information content (AvgIpc) is 2.93. The first-order valence-corrected chi connectivity index (χ1v) is 15.6. The third-order valence-electron chi connectivity index (χ3n) is 8.29. The number of piperidine rings is 1. The Kier molecular flexibility index (Phi) is 11.6. The summed E-state index contributed by atoms with van der Waals surface area (Å²) < 4.78 is 0. The van der Waals surface area contributed by atoms with Crippen molar-refractivity contribution in [1.29, 1.82) is 0 Å². The minimum atomic E-state index is -0.0634. The summed E-state index contributed by atoms with van der Waals surface area (Å²) in [5.74, 6) is 0.555. The summed E-state index contributed by atoms with van der Waals surface area (Å²) in [5, 5.41) is 3.19. The molecule has 2 aliphatic heterocycles. The zero-order valence-corrected chi connectivity index (χ0v) is 25.1. The van der Waals surface area contributed by atoms with Gasteiger partial charge in [0.25, 0.3) is 5.91 Å². The van der Waals surface area contributed by atoms with Gasteiger partial charge in [-0.1, -0.05) is 63.8 Å². The van der Waals surface area contributed by atoms with Crippen LogP contribution in [0.1, 0.15) is 99.2 Å². The predicted molar refractivity (Wildman–Crippen MR) is 164 cm³/mol. The highest BCUT2D eigenvalue weighted by molar-refractivity contribution is 5.97. The number of likely N-dealkylation sites (tertiary alicyclic amines) is 1. The number of hydrogen-bond donors (Lipinski definition) is 1. The van der Waals surface area contributed by atoms with Gasteiger partial charge in [0.2, 0.25) is 5.91 Å². The number of anilines is 1. The highest BCUT2D eigenvalue weighted by Gasteiger charge is 2.21. The van der Waals surface area contributed by atoms with E-state index in [2.05, 4.69) is 53.2 Å². The van der Waals surface area contributed by atoms with Crippen LogP contribution in [0.4, 0.5) is 5.69 Å². The molecule has 218 valence electrons. The third-order valence-corrected chi connectivity index (χ3v) is 8.29. The molecule has 2 aromatic carbocycles. The van der Waals surface area contributed by atoms with Crippen molar-refractivity contribution in [3.63, 3.8) is 0 Å². The molecule has 0 atom stereocenters. The predicted octanol–water partition coefficient (Wildman–Crippen LogP) is 6.38. The van der Waals surface area contributed by atoms with E-state index in [0.29, 0.717) is 18.0 Å². The molecule has 2 heterocycles. The SMILES string of the molecule is CC(=O)N1CCCCCCCN(CC(C)C)Cc2cc(C(=O)NCc3ccccc3CN3CCCCC3)ccc21. The summed E-state index contributed by atoms with van der Waals surface area (Å²) in [6.45, 7) is 13.5. The second-order valence-corrected chi connectivity index (χ2v) is 12.2. The Morgan fingerprint density at radius 2 is 1.43 bits per heavy atom. The van der Waals surface area contributed by atoms with Crippen molar-refractivity contribution < 1.29 is 9.59 Å². The Hall–Kier alpha value is -2.70. The van der Waals surface area contributed by atoms with Crippen molar-refractivity contribution in [3.05, 3.63) is 64.7 Å². The molecule has 0 aliphatic carbocycles. The molecular formula is C34H50N4O2. The van der Waals surface area contributed by atoms with Crippen LogP contribution in [0, 0.1) is 5.92 Å². The highest BCUT2D eigenvalue weighted by atomic mass is 16.2. The Morgan fingerprint density at radius 3 is 2.12 bits per heavy atom. The first-order valence-electron chi connectivity index (χ1n) is 15.6. The van der Waals surface area contributed by atoms with E-state index in [9.17, 15) is 9.59 Å². The lowest BCUT2D eigenvalue weighted by Gasteiger charge is -2.30. The van der Waals surface area contributed by atoms with Gasteiger partial charge in [0.15, 0.2) is 0 Å². The molecule has 4 rings (SSSR count). The maximum Gasteiger partial charge on any atom is 0.251 e. The Labute approximate surface area is 242 Å². The molecule has 0 saturated carbocycles. The fourth-order valence-electron chi connectivity index (χ4n) is 6.21.